The highest BCUT2D eigenvalue weighted by molar-refractivity contribution is 9.10. The minimum Gasteiger partial charge on any atom is -0.349 e. The average molecular weight is 346 g/mol. The number of aryl methyl sites for hydroxylation is 2. The van der Waals surface area contributed by atoms with E-state index in [1.165, 1.54) is 11.1 Å². The maximum Gasteiger partial charge on any atom is 0.252 e. The molecule has 0 spiro atoms. The van der Waals surface area contributed by atoms with Crippen LogP contribution in [0.2, 0.25) is 0 Å². The van der Waals surface area contributed by atoms with E-state index in [1.54, 1.807) is 0 Å². The van der Waals surface area contributed by atoms with E-state index in [2.05, 4.69) is 40.3 Å². The molecule has 0 aliphatic heterocycles. The first-order valence-electron chi connectivity index (χ1n) is 7.09. The van der Waals surface area contributed by atoms with E-state index in [4.69, 9.17) is 0 Å². The van der Waals surface area contributed by atoms with Gasteiger partial charge in [0, 0.05) is 10.5 Å². The number of amides is 1. The summed E-state index contributed by atoms with van der Waals surface area (Å²) < 4.78 is 0.836. The van der Waals surface area contributed by atoms with E-state index < -0.39 is 0 Å². The Labute approximate surface area is 134 Å². The zero-order valence-corrected chi connectivity index (χ0v) is 14.2. The Morgan fingerprint density at radius 1 is 1.19 bits per heavy atom. The molecule has 0 bridgehead atoms. The Kier molecular flexibility index (Phi) is 5.18. The van der Waals surface area contributed by atoms with Gasteiger partial charge in [-0.25, -0.2) is 0 Å². The van der Waals surface area contributed by atoms with Gasteiger partial charge in [0.15, 0.2) is 0 Å². The van der Waals surface area contributed by atoms with Crippen LogP contribution < -0.4 is 5.32 Å². The van der Waals surface area contributed by atoms with Crippen LogP contribution in [0.1, 0.15) is 34.0 Å². The third-order valence-electron chi connectivity index (χ3n) is 3.53. The second-order valence-electron chi connectivity index (χ2n) is 5.49. The largest absolute Gasteiger partial charge is 0.349 e. The van der Waals surface area contributed by atoms with Crippen molar-refractivity contribution in [1.82, 2.24) is 5.32 Å². The van der Waals surface area contributed by atoms with Crippen LogP contribution in [0.5, 0.6) is 0 Å². The molecule has 3 heteroatoms. The SMILES string of the molecule is Cc1ccc(C(=O)NC(C)Cc2ccccc2C)c(Br)c1. The second kappa shape index (κ2) is 6.90. The molecule has 0 radical (unpaired) electrons. The van der Waals surface area contributed by atoms with Gasteiger partial charge < -0.3 is 5.32 Å². The van der Waals surface area contributed by atoms with Gasteiger partial charge in [0.1, 0.15) is 0 Å². The summed E-state index contributed by atoms with van der Waals surface area (Å²) in [6, 6.07) is 14.1. The van der Waals surface area contributed by atoms with Crippen molar-refractivity contribution in [1.29, 1.82) is 0 Å². The molecule has 1 N–H and O–H groups in total. The van der Waals surface area contributed by atoms with Gasteiger partial charge >= 0.3 is 0 Å². The molecule has 0 aliphatic rings. The Morgan fingerprint density at radius 3 is 2.57 bits per heavy atom. The Hall–Kier alpha value is -1.61. The van der Waals surface area contributed by atoms with E-state index in [-0.39, 0.29) is 11.9 Å². The quantitative estimate of drug-likeness (QED) is 0.872. The van der Waals surface area contributed by atoms with Crippen LogP contribution in [0.25, 0.3) is 0 Å². The molecule has 110 valence electrons. The van der Waals surface area contributed by atoms with Crippen LogP contribution in [-0.2, 0) is 6.42 Å². The summed E-state index contributed by atoms with van der Waals surface area (Å²) in [5, 5.41) is 3.06. The zero-order chi connectivity index (χ0) is 15.4. The highest BCUT2D eigenvalue weighted by Gasteiger charge is 2.13. The van der Waals surface area contributed by atoms with Crippen LogP contribution in [0, 0.1) is 13.8 Å². The van der Waals surface area contributed by atoms with Gasteiger partial charge in [0.2, 0.25) is 0 Å². The molecular weight excluding hydrogens is 326 g/mol. The molecule has 0 saturated carbocycles. The van der Waals surface area contributed by atoms with Crippen molar-refractivity contribution in [2.24, 2.45) is 0 Å². The number of nitrogens with one attached hydrogen (secondary N) is 1. The van der Waals surface area contributed by atoms with E-state index >= 15 is 0 Å². The molecule has 2 nitrogen and oxygen atoms in total. The molecule has 1 unspecified atom stereocenters. The van der Waals surface area contributed by atoms with Gasteiger partial charge in [-0.3, -0.25) is 4.79 Å². The first-order valence-corrected chi connectivity index (χ1v) is 7.88. The predicted octanol–water partition coefficient (Wildman–Crippen LogP) is 4.43. The summed E-state index contributed by atoms with van der Waals surface area (Å²) in [6.45, 7) is 6.14. The number of carbonyl (C=O) groups excluding carboxylic acids is 1. The number of carbonyl (C=O) groups is 1. The first kappa shape index (κ1) is 15.8. The third-order valence-corrected chi connectivity index (χ3v) is 4.19. The lowest BCUT2D eigenvalue weighted by Crippen LogP contribution is -2.34. The van der Waals surface area contributed by atoms with Crippen LogP contribution in [0.4, 0.5) is 0 Å². The maximum atomic E-state index is 12.3. The van der Waals surface area contributed by atoms with Crippen molar-refractivity contribution >= 4 is 21.8 Å². The minimum atomic E-state index is -0.0389. The van der Waals surface area contributed by atoms with E-state index in [0.29, 0.717) is 5.56 Å². The fourth-order valence-corrected chi connectivity index (χ4v) is 3.00. The van der Waals surface area contributed by atoms with Gasteiger partial charge in [-0.05, 0) is 71.9 Å². The van der Waals surface area contributed by atoms with Crippen molar-refractivity contribution in [3.05, 3.63) is 69.2 Å². The molecule has 2 aromatic rings. The van der Waals surface area contributed by atoms with E-state index in [1.807, 2.05) is 44.2 Å². The Morgan fingerprint density at radius 2 is 1.90 bits per heavy atom. The molecule has 21 heavy (non-hydrogen) atoms. The number of hydrogen-bond donors (Lipinski definition) is 1. The van der Waals surface area contributed by atoms with Crippen molar-refractivity contribution in [2.45, 2.75) is 33.2 Å². The highest BCUT2D eigenvalue weighted by Crippen LogP contribution is 2.18. The van der Waals surface area contributed by atoms with Crippen LogP contribution in [0.15, 0.2) is 46.9 Å². The number of rotatable bonds is 4. The van der Waals surface area contributed by atoms with Crippen LogP contribution in [-0.4, -0.2) is 11.9 Å². The topological polar surface area (TPSA) is 29.1 Å². The minimum absolute atomic E-state index is 0.0389. The summed E-state index contributed by atoms with van der Waals surface area (Å²) in [5.74, 6) is -0.0389. The monoisotopic (exact) mass is 345 g/mol. The summed E-state index contributed by atoms with van der Waals surface area (Å²) in [6.07, 6.45) is 0.835. The normalized spacial score (nSPS) is 12.0. The number of hydrogen-bond acceptors (Lipinski definition) is 1. The lowest BCUT2D eigenvalue weighted by molar-refractivity contribution is 0.0939. The fourth-order valence-electron chi connectivity index (χ4n) is 2.33. The molecule has 0 saturated heterocycles. The average Bonchev–Trinajstić information content (AvgIpc) is 2.41. The maximum absolute atomic E-state index is 12.3. The van der Waals surface area contributed by atoms with Crippen molar-refractivity contribution in [2.75, 3.05) is 0 Å². The predicted molar refractivity (Wildman–Crippen MR) is 90.7 cm³/mol. The summed E-state index contributed by atoms with van der Waals surface area (Å²) >= 11 is 3.46. The van der Waals surface area contributed by atoms with Gasteiger partial charge in [-0.2, -0.15) is 0 Å². The third kappa shape index (κ3) is 4.18. The van der Waals surface area contributed by atoms with Gasteiger partial charge in [-0.15, -0.1) is 0 Å². The number of benzene rings is 2. The fraction of sp³-hybridized carbons (Fsp3) is 0.278. The molecule has 1 atom stereocenters. The van der Waals surface area contributed by atoms with Gasteiger partial charge in [0.25, 0.3) is 5.91 Å². The molecule has 0 heterocycles. The standard InChI is InChI=1S/C18H20BrNO/c1-12-8-9-16(17(19)10-12)18(21)20-14(3)11-15-7-5-4-6-13(15)2/h4-10,14H,11H2,1-3H3,(H,20,21). The van der Waals surface area contributed by atoms with Crippen LogP contribution in [0.3, 0.4) is 0 Å². The summed E-state index contributed by atoms with van der Waals surface area (Å²) in [5.41, 5.74) is 4.34. The lowest BCUT2D eigenvalue weighted by Gasteiger charge is -2.16. The highest BCUT2D eigenvalue weighted by atomic mass is 79.9. The van der Waals surface area contributed by atoms with Crippen molar-refractivity contribution in [3.63, 3.8) is 0 Å². The molecule has 0 aromatic heterocycles. The van der Waals surface area contributed by atoms with Gasteiger partial charge in [-0.1, -0.05) is 30.3 Å². The molecule has 0 fully saturated rings. The molecule has 0 aliphatic carbocycles. The number of halogens is 1. The van der Waals surface area contributed by atoms with Crippen molar-refractivity contribution < 1.29 is 4.79 Å². The van der Waals surface area contributed by atoms with E-state index in [9.17, 15) is 4.79 Å². The molecular formula is C18H20BrNO. The van der Waals surface area contributed by atoms with Crippen LogP contribution >= 0.6 is 15.9 Å². The lowest BCUT2D eigenvalue weighted by atomic mass is 10.0. The summed E-state index contributed by atoms with van der Waals surface area (Å²) in [4.78, 5) is 12.3. The molecule has 2 aromatic carbocycles. The second-order valence-corrected chi connectivity index (χ2v) is 6.34. The Balaban J connectivity index is 2.04. The first-order chi connectivity index (χ1) is 9.97. The van der Waals surface area contributed by atoms with E-state index in [0.717, 1.165) is 16.5 Å². The molecule has 2 rings (SSSR count). The summed E-state index contributed by atoms with van der Waals surface area (Å²) in [7, 11) is 0. The zero-order valence-electron chi connectivity index (χ0n) is 12.6. The smallest absolute Gasteiger partial charge is 0.252 e. The Bertz CT molecular complexity index is 651. The van der Waals surface area contributed by atoms with Crippen molar-refractivity contribution in [3.8, 4) is 0 Å². The van der Waals surface area contributed by atoms with Gasteiger partial charge in [0.05, 0.1) is 5.56 Å². The molecule has 1 amide bonds.